The van der Waals surface area contributed by atoms with Crippen LogP contribution in [0.25, 0.3) is 10.9 Å². The van der Waals surface area contributed by atoms with E-state index in [1.807, 2.05) is 30.3 Å². The second-order valence-electron chi connectivity index (χ2n) is 4.25. The standard InChI is InChI=1S/C15H13N3O2/c1-20-14-8-12-11(7-13(14)19)15(17-9-16-12)18-10-5-3-2-4-6-10/h2-9,19H,1H3,(H,16,17,18). The molecule has 0 unspecified atom stereocenters. The zero-order valence-corrected chi connectivity index (χ0v) is 10.9. The third kappa shape index (κ3) is 2.21. The van der Waals surface area contributed by atoms with E-state index in [-0.39, 0.29) is 5.75 Å². The summed E-state index contributed by atoms with van der Waals surface area (Å²) < 4.78 is 5.08. The van der Waals surface area contributed by atoms with Crippen molar-refractivity contribution in [2.45, 2.75) is 0 Å². The second-order valence-corrected chi connectivity index (χ2v) is 4.25. The number of hydrogen-bond acceptors (Lipinski definition) is 5. The first-order valence-corrected chi connectivity index (χ1v) is 6.11. The molecule has 5 heteroatoms. The molecule has 5 nitrogen and oxygen atoms in total. The van der Waals surface area contributed by atoms with E-state index < -0.39 is 0 Å². The number of hydrogen-bond donors (Lipinski definition) is 2. The topological polar surface area (TPSA) is 67.3 Å². The van der Waals surface area contributed by atoms with Gasteiger partial charge in [-0.3, -0.25) is 0 Å². The molecule has 0 radical (unpaired) electrons. The van der Waals surface area contributed by atoms with Gasteiger partial charge >= 0.3 is 0 Å². The molecule has 0 bridgehead atoms. The van der Waals surface area contributed by atoms with Crippen LogP contribution < -0.4 is 10.1 Å². The van der Waals surface area contributed by atoms with Crippen molar-refractivity contribution in [3.63, 3.8) is 0 Å². The van der Waals surface area contributed by atoms with Crippen LogP contribution in [0.5, 0.6) is 11.5 Å². The molecule has 0 saturated heterocycles. The lowest BCUT2D eigenvalue weighted by molar-refractivity contribution is 0.374. The molecule has 0 spiro atoms. The number of nitrogens with one attached hydrogen (secondary N) is 1. The Morgan fingerprint density at radius 2 is 1.90 bits per heavy atom. The van der Waals surface area contributed by atoms with Crippen LogP contribution in [-0.2, 0) is 0 Å². The van der Waals surface area contributed by atoms with Crippen LogP contribution in [-0.4, -0.2) is 22.2 Å². The fourth-order valence-corrected chi connectivity index (χ4v) is 1.99. The van der Waals surface area contributed by atoms with Crippen molar-refractivity contribution in [2.75, 3.05) is 12.4 Å². The maximum Gasteiger partial charge on any atom is 0.162 e. The minimum atomic E-state index is 0.0610. The van der Waals surface area contributed by atoms with Crippen molar-refractivity contribution in [3.8, 4) is 11.5 Å². The van der Waals surface area contributed by atoms with E-state index in [9.17, 15) is 5.11 Å². The van der Waals surface area contributed by atoms with Crippen molar-refractivity contribution in [1.29, 1.82) is 0 Å². The van der Waals surface area contributed by atoms with Gasteiger partial charge in [0, 0.05) is 17.1 Å². The molecule has 0 aliphatic heterocycles. The monoisotopic (exact) mass is 267 g/mol. The maximum atomic E-state index is 9.89. The quantitative estimate of drug-likeness (QED) is 0.763. The summed E-state index contributed by atoms with van der Waals surface area (Å²) in [6, 6.07) is 13.0. The molecule has 20 heavy (non-hydrogen) atoms. The molecule has 0 fully saturated rings. The Labute approximate surface area is 115 Å². The van der Waals surface area contributed by atoms with E-state index in [4.69, 9.17) is 4.74 Å². The molecule has 0 amide bonds. The van der Waals surface area contributed by atoms with Crippen LogP contribution >= 0.6 is 0 Å². The fourth-order valence-electron chi connectivity index (χ4n) is 1.99. The number of anilines is 2. The van der Waals surface area contributed by atoms with Crippen molar-refractivity contribution in [1.82, 2.24) is 9.97 Å². The SMILES string of the molecule is COc1cc2ncnc(Nc3ccccc3)c2cc1O. The zero-order chi connectivity index (χ0) is 13.9. The van der Waals surface area contributed by atoms with Gasteiger partial charge in [0.1, 0.15) is 12.1 Å². The van der Waals surface area contributed by atoms with Gasteiger partial charge in [0.25, 0.3) is 0 Å². The predicted molar refractivity (Wildman–Crippen MR) is 77.5 cm³/mol. The Bertz CT molecular complexity index is 745. The Kier molecular flexibility index (Phi) is 3.09. The summed E-state index contributed by atoms with van der Waals surface area (Å²) >= 11 is 0. The molecule has 2 aromatic carbocycles. The molecule has 0 atom stereocenters. The molecule has 0 aliphatic carbocycles. The summed E-state index contributed by atoms with van der Waals surface area (Å²) in [6.45, 7) is 0. The van der Waals surface area contributed by atoms with Crippen LogP contribution in [0.1, 0.15) is 0 Å². The van der Waals surface area contributed by atoms with Crippen LogP contribution in [0.15, 0.2) is 48.8 Å². The number of rotatable bonds is 3. The normalized spacial score (nSPS) is 10.4. The number of nitrogens with zero attached hydrogens (tertiary/aromatic N) is 2. The first-order valence-electron chi connectivity index (χ1n) is 6.11. The van der Waals surface area contributed by atoms with Crippen molar-refractivity contribution >= 4 is 22.4 Å². The largest absolute Gasteiger partial charge is 0.504 e. The molecule has 1 heterocycles. The summed E-state index contributed by atoms with van der Waals surface area (Å²) in [5, 5.41) is 13.8. The lowest BCUT2D eigenvalue weighted by Gasteiger charge is -2.10. The molecule has 0 aliphatic rings. The minimum Gasteiger partial charge on any atom is -0.504 e. The van der Waals surface area contributed by atoms with Gasteiger partial charge < -0.3 is 15.2 Å². The summed E-state index contributed by atoms with van der Waals surface area (Å²) in [5.74, 6) is 1.09. The Hall–Kier alpha value is -2.82. The van der Waals surface area contributed by atoms with E-state index in [2.05, 4.69) is 15.3 Å². The van der Waals surface area contributed by atoms with E-state index in [1.165, 1.54) is 13.4 Å². The number of para-hydroxylation sites is 1. The smallest absolute Gasteiger partial charge is 0.162 e. The van der Waals surface area contributed by atoms with Gasteiger partial charge in [-0.1, -0.05) is 18.2 Å². The molecule has 3 rings (SSSR count). The van der Waals surface area contributed by atoms with Crippen LogP contribution in [0, 0.1) is 0 Å². The van der Waals surface area contributed by atoms with Crippen LogP contribution in [0.3, 0.4) is 0 Å². The molecule has 0 saturated carbocycles. The first-order chi connectivity index (χ1) is 9.78. The summed E-state index contributed by atoms with van der Waals surface area (Å²) in [6.07, 6.45) is 1.48. The average molecular weight is 267 g/mol. The first kappa shape index (κ1) is 12.2. The summed E-state index contributed by atoms with van der Waals surface area (Å²) in [4.78, 5) is 8.42. The van der Waals surface area contributed by atoms with Gasteiger partial charge in [0.05, 0.1) is 12.6 Å². The van der Waals surface area contributed by atoms with Gasteiger partial charge in [-0.25, -0.2) is 9.97 Å². The fraction of sp³-hybridized carbons (Fsp3) is 0.0667. The van der Waals surface area contributed by atoms with Crippen molar-refractivity contribution in [3.05, 3.63) is 48.8 Å². The number of methoxy groups -OCH3 is 1. The highest BCUT2D eigenvalue weighted by Gasteiger charge is 2.09. The van der Waals surface area contributed by atoms with E-state index in [0.717, 1.165) is 11.1 Å². The number of ether oxygens (including phenoxy) is 1. The number of aromatic hydroxyl groups is 1. The van der Waals surface area contributed by atoms with Crippen LogP contribution in [0.2, 0.25) is 0 Å². The molecule has 1 aromatic heterocycles. The third-order valence-corrected chi connectivity index (χ3v) is 2.97. The number of aromatic nitrogens is 2. The Morgan fingerprint density at radius 1 is 1.10 bits per heavy atom. The van der Waals surface area contributed by atoms with Gasteiger partial charge in [0.2, 0.25) is 0 Å². The van der Waals surface area contributed by atoms with E-state index >= 15 is 0 Å². The molecule has 3 aromatic rings. The Morgan fingerprint density at radius 3 is 2.65 bits per heavy atom. The minimum absolute atomic E-state index is 0.0610. The average Bonchev–Trinajstić information content (AvgIpc) is 2.48. The predicted octanol–water partition coefficient (Wildman–Crippen LogP) is 3.09. The van der Waals surface area contributed by atoms with Gasteiger partial charge in [-0.15, -0.1) is 0 Å². The lowest BCUT2D eigenvalue weighted by atomic mass is 10.2. The molecular weight excluding hydrogens is 254 g/mol. The van der Waals surface area contributed by atoms with E-state index in [1.54, 1.807) is 12.1 Å². The van der Waals surface area contributed by atoms with E-state index in [0.29, 0.717) is 17.1 Å². The number of phenolic OH excluding ortho intramolecular Hbond substituents is 1. The lowest BCUT2D eigenvalue weighted by Crippen LogP contribution is -1.96. The molecule has 100 valence electrons. The van der Waals surface area contributed by atoms with Crippen molar-refractivity contribution < 1.29 is 9.84 Å². The maximum absolute atomic E-state index is 9.89. The number of phenols is 1. The second kappa shape index (κ2) is 5.05. The van der Waals surface area contributed by atoms with Crippen LogP contribution in [0.4, 0.5) is 11.5 Å². The highest BCUT2D eigenvalue weighted by molar-refractivity contribution is 5.92. The third-order valence-electron chi connectivity index (χ3n) is 2.97. The van der Waals surface area contributed by atoms with Gasteiger partial charge in [0.15, 0.2) is 11.5 Å². The molecular formula is C15H13N3O2. The molecule has 2 N–H and O–H groups in total. The van der Waals surface area contributed by atoms with Gasteiger partial charge in [-0.2, -0.15) is 0 Å². The highest BCUT2D eigenvalue weighted by Crippen LogP contribution is 2.33. The summed E-state index contributed by atoms with van der Waals surface area (Å²) in [5.41, 5.74) is 1.62. The van der Waals surface area contributed by atoms with Crippen molar-refractivity contribution in [2.24, 2.45) is 0 Å². The number of fused-ring (bicyclic) bond motifs is 1. The number of benzene rings is 2. The highest BCUT2D eigenvalue weighted by atomic mass is 16.5. The van der Waals surface area contributed by atoms with Gasteiger partial charge in [-0.05, 0) is 18.2 Å². The Balaban J connectivity index is 2.09. The summed E-state index contributed by atoms with van der Waals surface area (Å²) in [7, 11) is 1.51. The zero-order valence-electron chi connectivity index (χ0n) is 10.9.